The molecule has 0 bridgehead atoms. The van der Waals surface area contributed by atoms with Gasteiger partial charge in [-0.3, -0.25) is 4.79 Å². The molecule has 9 nitrogen and oxygen atoms in total. The fraction of sp³-hybridized carbons (Fsp3) is 0.0357. The van der Waals surface area contributed by atoms with Gasteiger partial charge in [0.15, 0.2) is 0 Å². The van der Waals surface area contributed by atoms with E-state index in [-0.39, 0.29) is 28.9 Å². The SMILES string of the molecule is NS(=O)(=O)c1ccc(NC(=O)Nc2ccc(N=C3C(=O)N(Cc4cccc(F)c4)c4ccccc43)cc2)cc1. The minimum Gasteiger partial charge on any atom is -0.308 e. The quantitative estimate of drug-likeness (QED) is 0.323. The van der Waals surface area contributed by atoms with Crippen LogP contribution >= 0.6 is 0 Å². The van der Waals surface area contributed by atoms with Crippen LogP contribution in [0, 0.1) is 5.82 Å². The minimum absolute atomic E-state index is 0.0638. The van der Waals surface area contributed by atoms with Crippen molar-refractivity contribution < 1.29 is 22.4 Å². The molecular formula is C28H22FN5O4S. The highest BCUT2D eigenvalue weighted by atomic mass is 32.2. The van der Waals surface area contributed by atoms with Crippen LogP contribution in [0.15, 0.2) is 107 Å². The summed E-state index contributed by atoms with van der Waals surface area (Å²) in [4.78, 5) is 31.7. The number of sulfonamides is 1. The lowest BCUT2D eigenvalue weighted by molar-refractivity contribution is -0.112. The molecule has 4 aromatic carbocycles. The summed E-state index contributed by atoms with van der Waals surface area (Å²) in [5, 5.41) is 10.4. The van der Waals surface area contributed by atoms with Gasteiger partial charge in [0.2, 0.25) is 10.0 Å². The van der Waals surface area contributed by atoms with Crippen LogP contribution < -0.4 is 20.7 Å². The molecule has 0 atom stereocenters. The van der Waals surface area contributed by atoms with E-state index in [0.29, 0.717) is 33.9 Å². The molecule has 196 valence electrons. The first-order chi connectivity index (χ1) is 18.7. The highest BCUT2D eigenvalue weighted by Crippen LogP contribution is 2.32. The predicted octanol–water partition coefficient (Wildman–Crippen LogP) is 4.78. The Hall–Kier alpha value is -4.87. The van der Waals surface area contributed by atoms with E-state index in [9.17, 15) is 22.4 Å². The summed E-state index contributed by atoms with van der Waals surface area (Å²) < 4.78 is 36.4. The van der Waals surface area contributed by atoms with Gasteiger partial charge in [0, 0.05) is 16.9 Å². The van der Waals surface area contributed by atoms with Crippen molar-refractivity contribution in [2.45, 2.75) is 11.4 Å². The molecule has 4 aromatic rings. The predicted molar refractivity (Wildman–Crippen MR) is 147 cm³/mol. The van der Waals surface area contributed by atoms with Gasteiger partial charge in [-0.15, -0.1) is 0 Å². The average molecular weight is 544 g/mol. The number of benzene rings is 4. The number of amides is 3. The third-order valence-electron chi connectivity index (χ3n) is 5.93. The fourth-order valence-corrected chi connectivity index (χ4v) is 4.63. The first-order valence-corrected chi connectivity index (χ1v) is 13.3. The molecule has 0 unspecified atom stereocenters. The van der Waals surface area contributed by atoms with Gasteiger partial charge in [-0.25, -0.2) is 27.7 Å². The van der Waals surface area contributed by atoms with Crippen molar-refractivity contribution in [2.75, 3.05) is 15.5 Å². The molecule has 0 saturated heterocycles. The molecule has 0 aliphatic carbocycles. The first kappa shape index (κ1) is 25.8. The number of para-hydroxylation sites is 1. The lowest BCUT2D eigenvalue weighted by atomic mass is 10.1. The maximum atomic E-state index is 13.7. The molecule has 0 spiro atoms. The lowest BCUT2D eigenvalue weighted by Crippen LogP contribution is -2.29. The van der Waals surface area contributed by atoms with Crippen molar-refractivity contribution in [3.8, 4) is 0 Å². The molecule has 4 N–H and O–H groups in total. The number of carbonyl (C=O) groups is 2. The molecule has 0 saturated carbocycles. The van der Waals surface area contributed by atoms with E-state index in [1.807, 2.05) is 24.3 Å². The van der Waals surface area contributed by atoms with Gasteiger partial charge in [0.25, 0.3) is 5.91 Å². The second kappa shape index (κ2) is 10.5. The second-order valence-electron chi connectivity index (χ2n) is 8.69. The summed E-state index contributed by atoms with van der Waals surface area (Å²) in [6.07, 6.45) is 0. The Morgan fingerprint density at radius 1 is 0.872 bits per heavy atom. The Kier molecular flexibility index (Phi) is 6.92. The van der Waals surface area contributed by atoms with Crippen LogP contribution in [-0.4, -0.2) is 26.1 Å². The Balaban J connectivity index is 1.29. The van der Waals surface area contributed by atoms with E-state index >= 15 is 0 Å². The molecule has 1 aliphatic rings. The zero-order valence-electron chi connectivity index (χ0n) is 20.3. The molecule has 3 amide bonds. The van der Waals surface area contributed by atoms with Gasteiger partial charge in [0.05, 0.1) is 22.8 Å². The third kappa shape index (κ3) is 5.84. The van der Waals surface area contributed by atoms with E-state index < -0.39 is 16.1 Å². The van der Waals surface area contributed by atoms with Crippen LogP contribution in [-0.2, 0) is 21.4 Å². The van der Waals surface area contributed by atoms with Gasteiger partial charge >= 0.3 is 6.03 Å². The lowest BCUT2D eigenvalue weighted by Gasteiger charge is -2.16. The molecule has 0 fully saturated rings. The number of carbonyl (C=O) groups excluding carboxylic acids is 2. The number of nitrogens with one attached hydrogen (secondary N) is 2. The first-order valence-electron chi connectivity index (χ1n) is 11.7. The minimum atomic E-state index is -3.82. The van der Waals surface area contributed by atoms with Crippen LogP contribution in [0.2, 0.25) is 0 Å². The summed E-state index contributed by atoms with van der Waals surface area (Å²) in [5.41, 5.74) is 3.65. The Bertz CT molecular complexity index is 1700. The fourth-order valence-electron chi connectivity index (χ4n) is 4.11. The van der Waals surface area contributed by atoms with E-state index in [2.05, 4.69) is 15.6 Å². The van der Waals surface area contributed by atoms with Crippen molar-refractivity contribution in [3.63, 3.8) is 0 Å². The Morgan fingerprint density at radius 3 is 2.15 bits per heavy atom. The van der Waals surface area contributed by atoms with Gasteiger partial charge in [-0.05, 0) is 72.3 Å². The maximum absolute atomic E-state index is 13.7. The van der Waals surface area contributed by atoms with Gasteiger partial charge in [0.1, 0.15) is 11.5 Å². The third-order valence-corrected chi connectivity index (χ3v) is 6.86. The number of rotatable bonds is 6. The van der Waals surface area contributed by atoms with Crippen LogP contribution in [0.3, 0.4) is 0 Å². The molecule has 11 heteroatoms. The van der Waals surface area contributed by atoms with Crippen LogP contribution in [0.4, 0.5) is 31.9 Å². The number of hydrogen-bond acceptors (Lipinski definition) is 5. The van der Waals surface area contributed by atoms with Gasteiger partial charge in [-0.1, -0.05) is 30.3 Å². The number of anilines is 3. The zero-order valence-corrected chi connectivity index (χ0v) is 21.2. The summed E-state index contributed by atoms with van der Waals surface area (Å²) in [6.45, 7) is 0.204. The van der Waals surface area contributed by atoms with Crippen molar-refractivity contribution in [3.05, 3.63) is 114 Å². The molecule has 0 radical (unpaired) electrons. The highest BCUT2D eigenvalue weighted by molar-refractivity contribution is 7.89. The summed E-state index contributed by atoms with van der Waals surface area (Å²) >= 11 is 0. The highest BCUT2D eigenvalue weighted by Gasteiger charge is 2.33. The van der Waals surface area contributed by atoms with E-state index in [1.54, 1.807) is 41.3 Å². The largest absolute Gasteiger partial charge is 0.323 e. The van der Waals surface area contributed by atoms with E-state index in [0.717, 1.165) is 0 Å². The summed E-state index contributed by atoms with van der Waals surface area (Å²) in [6, 6.07) is 24.9. The van der Waals surface area contributed by atoms with E-state index in [4.69, 9.17) is 5.14 Å². The number of nitrogens with two attached hydrogens (primary N) is 1. The topological polar surface area (TPSA) is 134 Å². The number of halogens is 1. The van der Waals surface area contributed by atoms with Gasteiger partial charge < -0.3 is 15.5 Å². The normalized spacial score (nSPS) is 13.8. The summed E-state index contributed by atoms with van der Waals surface area (Å²) in [7, 11) is -3.82. The summed E-state index contributed by atoms with van der Waals surface area (Å²) in [5.74, 6) is -0.667. The molecule has 5 rings (SSSR count). The number of aliphatic imine (C=N–C) groups is 1. The monoisotopic (exact) mass is 543 g/mol. The number of urea groups is 1. The number of nitrogens with zero attached hydrogens (tertiary/aromatic N) is 2. The van der Waals surface area contributed by atoms with Gasteiger partial charge in [-0.2, -0.15) is 0 Å². The molecule has 1 aliphatic heterocycles. The average Bonchev–Trinajstić information content (AvgIpc) is 3.15. The molecule has 1 heterocycles. The van der Waals surface area contributed by atoms with Crippen molar-refractivity contribution in [1.29, 1.82) is 0 Å². The van der Waals surface area contributed by atoms with Crippen molar-refractivity contribution >= 4 is 50.4 Å². The van der Waals surface area contributed by atoms with Crippen molar-refractivity contribution in [2.24, 2.45) is 10.1 Å². The van der Waals surface area contributed by atoms with Crippen LogP contribution in [0.5, 0.6) is 0 Å². The standard InChI is InChI=1S/C28H22FN5O4S/c29-19-5-3-4-18(16-19)17-34-25-7-2-1-6-24(25)26(27(34)35)31-20-8-10-21(11-9-20)32-28(36)33-22-12-14-23(15-13-22)39(30,37)38/h1-16H,17H2,(H2,30,37,38)(H2,32,33,36). The zero-order chi connectivity index (χ0) is 27.6. The van der Waals surface area contributed by atoms with E-state index in [1.165, 1.54) is 36.4 Å². The number of fused-ring (bicyclic) bond motifs is 1. The number of primary sulfonamides is 1. The molecule has 0 aromatic heterocycles. The maximum Gasteiger partial charge on any atom is 0.323 e. The second-order valence-corrected chi connectivity index (χ2v) is 10.3. The Labute approximate surface area is 223 Å². The Morgan fingerprint density at radius 2 is 1.51 bits per heavy atom. The van der Waals surface area contributed by atoms with Crippen molar-refractivity contribution in [1.82, 2.24) is 0 Å². The molecule has 39 heavy (non-hydrogen) atoms. The number of hydrogen-bond donors (Lipinski definition) is 3. The molecular weight excluding hydrogens is 521 g/mol. The van der Waals surface area contributed by atoms with Crippen LogP contribution in [0.25, 0.3) is 0 Å². The smallest absolute Gasteiger partial charge is 0.308 e. The van der Waals surface area contributed by atoms with Crippen LogP contribution in [0.1, 0.15) is 11.1 Å².